The van der Waals surface area contributed by atoms with Gasteiger partial charge in [0.2, 0.25) is 0 Å². The first-order valence-electron chi connectivity index (χ1n) is 6.69. The van der Waals surface area contributed by atoms with Gasteiger partial charge >= 0.3 is 0 Å². The van der Waals surface area contributed by atoms with Crippen LogP contribution in [0.2, 0.25) is 0 Å². The van der Waals surface area contributed by atoms with E-state index in [1.165, 1.54) is 0 Å². The fourth-order valence-corrected chi connectivity index (χ4v) is 1.94. The second-order valence-corrected chi connectivity index (χ2v) is 4.53. The Bertz CT molecular complexity index is 589. The van der Waals surface area contributed by atoms with Gasteiger partial charge in [-0.05, 0) is 35.2 Å². The Morgan fingerprint density at radius 1 is 0.957 bits per heavy atom. The van der Waals surface area contributed by atoms with Gasteiger partial charge in [0.25, 0.3) is 0 Å². The topological polar surface area (TPSA) is 133 Å². The molecule has 0 saturated carbocycles. The third-order valence-electron chi connectivity index (χ3n) is 3.03. The van der Waals surface area contributed by atoms with Gasteiger partial charge in [-0.3, -0.25) is 0 Å². The molecule has 0 amide bonds. The van der Waals surface area contributed by atoms with Gasteiger partial charge in [-0.2, -0.15) is 5.26 Å². The Morgan fingerprint density at radius 3 is 1.78 bits per heavy atom. The summed E-state index contributed by atoms with van der Waals surface area (Å²) in [5.41, 5.74) is 9.66. The maximum absolute atomic E-state index is 8.93. The summed E-state index contributed by atoms with van der Waals surface area (Å²) in [6.07, 6.45) is 0.671. The van der Waals surface area contributed by atoms with Crippen LogP contribution in [0.25, 0.3) is 11.1 Å². The van der Waals surface area contributed by atoms with Crippen molar-refractivity contribution in [3.8, 4) is 17.2 Å². The number of hydrogen-bond acceptors (Lipinski definition) is 3. The number of nitrogens with two attached hydrogens (primary N) is 1. The van der Waals surface area contributed by atoms with Crippen molar-refractivity contribution in [3.63, 3.8) is 0 Å². The lowest BCUT2D eigenvalue weighted by molar-refractivity contribution is 0.265. The molecule has 0 fully saturated rings. The molecule has 7 N–H and O–H groups in total. The SMILES string of the molecule is C=C.N#Cc1ccc(-c2ccc(C[C@H](N)CO)cc2)cc1.O.O. The minimum atomic E-state index is -0.208. The van der Waals surface area contributed by atoms with Gasteiger partial charge in [0.1, 0.15) is 0 Å². The Labute approximate surface area is 136 Å². The summed E-state index contributed by atoms with van der Waals surface area (Å²) in [5, 5.41) is 17.7. The first-order valence-corrected chi connectivity index (χ1v) is 6.69. The third kappa shape index (κ3) is 6.87. The van der Waals surface area contributed by atoms with Crippen LogP contribution in [0, 0.1) is 11.3 Å². The number of aliphatic hydroxyl groups excluding tert-OH is 1. The minimum absolute atomic E-state index is 0. The molecular weight excluding hydrogens is 292 g/mol. The van der Waals surface area contributed by atoms with Crippen LogP contribution in [0.15, 0.2) is 61.7 Å². The van der Waals surface area contributed by atoms with Crippen LogP contribution in [0.5, 0.6) is 0 Å². The Hall–Kier alpha value is -2.49. The highest BCUT2D eigenvalue weighted by molar-refractivity contribution is 5.64. The van der Waals surface area contributed by atoms with E-state index in [1.807, 2.05) is 48.5 Å². The Balaban J connectivity index is 0. The smallest absolute Gasteiger partial charge is 0.0991 e. The van der Waals surface area contributed by atoms with Crippen molar-refractivity contribution in [1.29, 1.82) is 5.26 Å². The van der Waals surface area contributed by atoms with Crippen LogP contribution in [0.3, 0.4) is 0 Å². The molecule has 0 spiro atoms. The van der Waals surface area contributed by atoms with Crippen molar-refractivity contribution in [2.75, 3.05) is 6.61 Å². The molecule has 5 nitrogen and oxygen atoms in total. The molecule has 2 aromatic carbocycles. The number of rotatable bonds is 4. The van der Waals surface area contributed by atoms with Gasteiger partial charge in [-0.25, -0.2) is 0 Å². The van der Waals surface area contributed by atoms with Gasteiger partial charge in [-0.1, -0.05) is 36.4 Å². The maximum Gasteiger partial charge on any atom is 0.0991 e. The van der Waals surface area contributed by atoms with E-state index in [-0.39, 0.29) is 23.6 Å². The largest absolute Gasteiger partial charge is 0.412 e. The van der Waals surface area contributed by atoms with Crippen LogP contribution in [0.4, 0.5) is 0 Å². The molecule has 0 aliphatic rings. The van der Waals surface area contributed by atoms with Crippen molar-refractivity contribution in [2.45, 2.75) is 12.5 Å². The predicted molar refractivity (Wildman–Crippen MR) is 93.8 cm³/mol. The third-order valence-corrected chi connectivity index (χ3v) is 3.03. The zero-order valence-corrected chi connectivity index (χ0v) is 13.0. The first kappa shape index (κ1) is 22.8. The fraction of sp³-hybridized carbons (Fsp3) is 0.167. The number of nitriles is 1. The van der Waals surface area contributed by atoms with Gasteiger partial charge in [0, 0.05) is 6.04 Å². The zero-order valence-electron chi connectivity index (χ0n) is 13.0. The summed E-state index contributed by atoms with van der Waals surface area (Å²) < 4.78 is 0. The van der Waals surface area contributed by atoms with Crippen molar-refractivity contribution < 1.29 is 16.1 Å². The molecule has 0 aliphatic carbocycles. The molecule has 124 valence electrons. The fourth-order valence-electron chi connectivity index (χ4n) is 1.94. The highest BCUT2D eigenvalue weighted by Crippen LogP contribution is 2.20. The summed E-state index contributed by atoms with van der Waals surface area (Å²) >= 11 is 0. The molecular formula is C18H24N2O3. The van der Waals surface area contributed by atoms with Crippen LogP contribution >= 0.6 is 0 Å². The Kier molecular flexibility index (Phi) is 12.0. The van der Waals surface area contributed by atoms with Crippen LogP contribution in [0.1, 0.15) is 11.1 Å². The van der Waals surface area contributed by atoms with Gasteiger partial charge in [-0.15, -0.1) is 13.2 Å². The van der Waals surface area contributed by atoms with Gasteiger partial charge in [0.15, 0.2) is 0 Å². The van der Waals surface area contributed by atoms with E-state index in [0.29, 0.717) is 12.0 Å². The van der Waals surface area contributed by atoms with E-state index in [9.17, 15) is 0 Å². The van der Waals surface area contributed by atoms with E-state index in [0.717, 1.165) is 16.7 Å². The lowest BCUT2D eigenvalue weighted by Gasteiger charge is -2.09. The van der Waals surface area contributed by atoms with Crippen LogP contribution in [-0.2, 0) is 6.42 Å². The number of nitrogens with zero attached hydrogens (tertiary/aromatic N) is 1. The average molecular weight is 316 g/mol. The molecule has 1 atom stereocenters. The second-order valence-electron chi connectivity index (χ2n) is 4.53. The molecule has 5 heteroatoms. The Morgan fingerprint density at radius 2 is 1.39 bits per heavy atom. The van der Waals surface area contributed by atoms with Crippen molar-refractivity contribution in [3.05, 3.63) is 72.8 Å². The maximum atomic E-state index is 8.93. The molecule has 2 rings (SSSR count). The van der Waals surface area contributed by atoms with E-state index in [1.54, 1.807) is 0 Å². The van der Waals surface area contributed by atoms with E-state index in [4.69, 9.17) is 16.1 Å². The summed E-state index contributed by atoms with van der Waals surface area (Å²) in [6, 6.07) is 17.5. The van der Waals surface area contributed by atoms with E-state index in [2.05, 4.69) is 19.2 Å². The standard InChI is InChI=1S/C16H16N2O.C2H4.2H2O/c17-10-13-3-7-15(8-4-13)14-5-1-12(2-6-14)9-16(18)11-19;1-2;;/h1-8,16,19H,9,11,18H2;1-2H2;2*1H2/t16-;;;/m0.../s1. The lowest BCUT2D eigenvalue weighted by Crippen LogP contribution is -2.26. The highest BCUT2D eigenvalue weighted by Gasteiger charge is 2.03. The molecule has 23 heavy (non-hydrogen) atoms. The monoisotopic (exact) mass is 316 g/mol. The molecule has 0 saturated heterocycles. The molecule has 0 aliphatic heterocycles. The normalized spacial score (nSPS) is 9.96. The highest BCUT2D eigenvalue weighted by atomic mass is 16.3. The quantitative estimate of drug-likeness (QED) is 0.822. The summed E-state index contributed by atoms with van der Waals surface area (Å²) in [6.45, 7) is 6.00. The van der Waals surface area contributed by atoms with Crippen molar-refractivity contribution >= 4 is 0 Å². The minimum Gasteiger partial charge on any atom is -0.412 e. The lowest BCUT2D eigenvalue weighted by atomic mass is 10.0. The summed E-state index contributed by atoms with van der Waals surface area (Å²) in [7, 11) is 0. The van der Waals surface area contributed by atoms with Crippen LogP contribution < -0.4 is 5.73 Å². The van der Waals surface area contributed by atoms with Gasteiger partial charge < -0.3 is 21.8 Å². The summed E-state index contributed by atoms with van der Waals surface area (Å²) in [5.74, 6) is 0. The first-order chi connectivity index (χ1) is 10.2. The second kappa shape index (κ2) is 12.1. The van der Waals surface area contributed by atoms with E-state index < -0.39 is 0 Å². The number of hydrogen-bond donors (Lipinski definition) is 2. The molecule has 0 heterocycles. The van der Waals surface area contributed by atoms with E-state index >= 15 is 0 Å². The van der Waals surface area contributed by atoms with Gasteiger partial charge in [0.05, 0.1) is 18.2 Å². The predicted octanol–water partition coefficient (Wildman–Crippen LogP) is 1.24. The van der Waals surface area contributed by atoms with Crippen molar-refractivity contribution in [1.82, 2.24) is 0 Å². The molecule has 0 radical (unpaired) electrons. The zero-order chi connectivity index (χ0) is 15.7. The molecule has 0 aromatic heterocycles. The average Bonchev–Trinajstić information content (AvgIpc) is 2.57. The number of aliphatic hydroxyl groups is 1. The van der Waals surface area contributed by atoms with Crippen LogP contribution in [-0.4, -0.2) is 28.7 Å². The molecule has 0 unspecified atom stereocenters. The number of benzene rings is 2. The molecule has 0 bridgehead atoms. The van der Waals surface area contributed by atoms with Crippen molar-refractivity contribution in [2.24, 2.45) is 5.73 Å². The molecule has 2 aromatic rings. The summed E-state index contributed by atoms with van der Waals surface area (Å²) in [4.78, 5) is 0.